The fraction of sp³-hybridized carbons (Fsp3) is 0.444. The first-order valence-corrected chi connectivity index (χ1v) is 6.88. The topological polar surface area (TPSA) is 13.1 Å². The standard InChI is InChI=1S/C18H24O/c1-17(2,3)14-10-13(16-8-7-9-19-16)11-15(12-14)18(4,5)6/h7-12H,1-6H3. The lowest BCUT2D eigenvalue weighted by molar-refractivity contribution is 0.564. The Kier molecular flexibility index (Phi) is 3.34. The first-order valence-electron chi connectivity index (χ1n) is 6.88. The Morgan fingerprint density at radius 3 is 1.68 bits per heavy atom. The molecular weight excluding hydrogens is 232 g/mol. The van der Waals surface area contributed by atoms with Crippen molar-refractivity contribution in [1.29, 1.82) is 0 Å². The molecule has 2 rings (SSSR count). The molecule has 0 fully saturated rings. The summed E-state index contributed by atoms with van der Waals surface area (Å²) in [5, 5.41) is 0. The second-order valence-corrected chi connectivity index (χ2v) is 7.28. The van der Waals surface area contributed by atoms with E-state index in [2.05, 4.69) is 59.7 Å². The molecule has 0 atom stereocenters. The van der Waals surface area contributed by atoms with E-state index in [-0.39, 0.29) is 10.8 Å². The van der Waals surface area contributed by atoms with E-state index in [0.717, 1.165) is 5.76 Å². The zero-order valence-corrected chi connectivity index (χ0v) is 12.9. The predicted molar refractivity (Wildman–Crippen MR) is 81.5 cm³/mol. The van der Waals surface area contributed by atoms with Gasteiger partial charge in [-0.15, -0.1) is 0 Å². The largest absolute Gasteiger partial charge is 0.464 e. The predicted octanol–water partition coefficient (Wildman–Crippen LogP) is 5.54. The van der Waals surface area contributed by atoms with Gasteiger partial charge in [-0.2, -0.15) is 0 Å². The fourth-order valence-electron chi connectivity index (χ4n) is 2.08. The minimum Gasteiger partial charge on any atom is -0.464 e. The van der Waals surface area contributed by atoms with Crippen molar-refractivity contribution in [3.05, 3.63) is 47.7 Å². The minimum atomic E-state index is 0.141. The van der Waals surface area contributed by atoms with Gasteiger partial charge in [-0.1, -0.05) is 47.6 Å². The van der Waals surface area contributed by atoms with E-state index in [1.54, 1.807) is 6.26 Å². The molecule has 1 heteroatoms. The van der Waals surface area contributed by atoms with E-state index in [1.165, 1.54) is 16.7 Å². The zero-order valence-electron chi connectivity index (χ0n) is 12.9. The molecule has 1 heterocycles. The first kappa shape index (κ1) is 13.9. The van der Waals surface area contributed by atoms with E-state index in [1.807, 2.05) is 12.1 Å². The van der Waals surface area contributed by atoms with E-state index in [9.17, 15) is 0 Å². The molecule has 0 spiro atoms. The Balaban J connectivity index is 2.62. The van der Waals surface area contributed by atoms with Crippen molar-refractivity contribution in [2.45, 2.75) is 52.4 Å². The van der Waals surface area contributed by atoms with Gasteiger partial charge in [0, 0.05) is 5.56 Å². The third kappa shape index (κ3) is 3.09. The second kappa shape index (κ2) is 4.56. The summed E-state index contributed by atoms with van der Waals surface area (Å²) in [6.07, 6.45) is 1.73. The summed E-state index contributed by atoms with van der Waals surface area (Å²) >= 11 is 0. The maximum Gasteiger partial charge on any atom is 0.133 e. The van der Waals surface area contributed by atoms with Crippen LogP contribution in [0.4, 0.5) is 0 Å². The van der Waals surface area contributed by atoms with Crippen LogP contribution in [0.25, 0.3) is 11.3 Å². The summed E-state index contributed by atoms with van der Waals surface area (Å²) in [6.45, 7) is 13.5. The van der Waals surface area contributed by atoms with Crippen LogP contribution in [0.3, 0.4) is 0 Å². The van der Waals surface area contributed by atoms with Crippen LogP contribution in [0.2, 0.25) is 0 Å². The van der Waals surface area contributed by atoms with E-state index in [0.29, 0.717) is 0 Å². The molecule has 0 saturated carbocycles. The summed E-state index contributed by atoms with van der Waals surface area (Å²) in [5.74, 6) is 0.941. The van der Waals surface area contributed by atoms with Crippen molar-refractivity contribution in [1.82, 2.24) is 0 Å². The third-order valence-electron chi connectivity index (χ3n) is 3.47. The quantitative estimate of drug-likeness (QED) is 0.652. The summed E-state index contributed by atoms with van der Waals surface area (Å²) in [6, 6.07) is 10.8. The maximum atomic E-state index is 5.55. The molecule has 19 heavy (non-hydrogen) atoms. The molecule has 0 N–H and O–H groups in total. The molecule has 0 aliphatic heterocycles. The van der Waals surface area contributed by atoms with Crippen molar-refractivity contribution in [2.75, 3.05) is 0 Å². The van der Waals surface area contributed by atoms with E-state index < -0.39 is 0 Å². The summed E-state index contributed by atoms with van der Waals surface area (Å²) in [7, 11) is 0. The van der Waals surface area contributed by atoms with Crippen LogP contribution in [-0.4, -0.2) is 0 Å². The van der Waals surface area contributed by atoms with Gasteiger partial charge in [0.15, 0.2) is 0 Å². The Morgan fingerprint density at radius 1 is 0.789 bits per heavy atom. The molecule has 0 bridgehead atoms. The van der Waals surface area contributed by atoms with Crippen LogP contribution >= 0.6 is 0 Å². The number of furan rings is 1. The third-order valence-corrected chi connectivity index (χ3v) is 3.47. The molecule has 0 aliphatic carbocycles. The number of hydrogen-bond acceptors (Lipinski definition) is 1. The normalized spacial score (nSPS) is 12.7. The van der Waals surface area contributed by atoms with Crippen molar-refractivity contribution in [3.8, 4) is 11.3 Å². The lowest BCUT2D eigenvalue weighted by Crippen LogP contribution is -2.16. The van der Waals surface area contributed by atoms with Gasteiger partial charge in [0.1, 0.15) is 5.76 Å². The SMILES string of the molecule is CC(C)(C)c1cc(-c2ccco2)cc(C(C)(C)C)c1. The van der Waals surface area contributed by atoms with Crippen LogP contribution in [0.5, 0.6) is 0 Å². The van der Waals surface area contributed by atoms with Gasteiger partial charge in [-0.3, -0.25) is 0 Å². The van der Waals surface area contributed by atoms with Gasteiger partial charge in [0.05, 0.1) is 6.26 Å². The van der Waals surface area contributed by atoms with Crippen LogP contribution in [-0.2, 0) is 10.8 Å². The van der Waals surface area contributed by atoms with Gasteiger partial charge in [-0.05, 0) is 46.2 Å². The Morgan fingerprint density at radius 2 is 1.32 bits per heavy atom. The summed E-state index contributed by atoms with van der Waals surface area (Å²) in [5.41, 5.74) is 4.16. The zero-order chi connectivity index (χ0) is 14.3. The maximum absolute atomic E-state index is 5.55. The molecule has 0 saturated heterocycles. The highest BCUT2D eigenvalue weighted by Crippen LogP contribution is 2.33. The van der Waals surface area contributed by atoms with Gasteiger partial charge in [0.2, 0.25) is 0 Å². The van der Waals surface area contributed by atoms with Crippen LogP contribution in [0.15, 0.2) is 41.0 Å². The number of benzene rings is 1. The Hall–Kier alpha value is -1.50. The molecule has 1 aromatic carbocycles. The lowest BCUT2D eigenvalue weighted by atomic mass is 9.79. The molecule has 2 aromatic rings. The highest BCUT2D eigenvalue weighted by Gasteiger charge is 2.21. The average molecular weight is 256 g/mol. The first-order chi connectivity index (χ1) is 8.68. The molecular formula is C18H24O. The van der Waals surface area contributed by atoms with Crippen molar-refractivity contribution in [3.63, 3.8) is 0 Å². The molecule has 0 radical (unpaired) electrons. The van der Waals surface area contributed by atoms with Crippen LogP contribution in [0, 0.1) is 0 Å². The monoisotopic (exact) mass is 256 g/mol. The fourth-order valence-corrected chi connectivity index (χ4v) is 2.08. The van der Waals surface area contributed by atoms with Crippen LogP contribution < -0.4 is 0 Å². The average Bonchev–Trinajstić information content (AvgIpc) is 2.79. The molecule has 0 aliphatic rings. The highest BCUT2D eigenvalue weighted by molar-refractivity contribution is 5.61. The van der Waals surface area contributed by atoms with Gasteiger partial charge in [0.25, 0.3) is 0 Å². The molecule has 1 nitrogen and oxygen atoms in total. The Labute approximate surface area is 116 Å². The van der Waals surface area contributed by atoms with Crippen LogP contribution in [0.1, 0.15) is 52.7 Å². The molecule has 0 unspecified atom stereocenters. The van der Waals surface area contributed by atoms with Crippen molar-refractivity contribution >= 4 is 0 Å². The smallest absolute Gasteiger partial charge is 0.133 e. The summed E-state index contributed by atoms with van der Waals surface area (Å²) in [4.78, 5) is 0. The van der Waals surface area contributed by atoms with Gasteiger partial charge in [-0.25, -0.2) is 0 Å². The molecule has 1 aromatic heterocycles. The van der Waals surface area contributed by atoms with Gasteiger partial charge < -0.3 is 4.42 Å². The van der Waals surface area contributed by atoms with E-state index >= 15 is 0 Å². The van der Waals surface area contributed by atoms with Gasteiger partial charge >= 0.3 is 0 Å². The summed E-state index contributed by atoms with van der Waals surface area (Å²) < 4.78 is 5.55. The molecule has 0 amide bonds. The van der Waals surface area contributed by atoms with Crippen molar-refractivity contribution in [2.24, 2.45) is 0 Å². The number of rotatable bonds is 1. The highest BCUT2D eigenvalue weighted by atomic mass is 16.3. The van der Waals surface area contributed by atoms with E-state index in [4.69, 9.17) is 4.42 Å². The molecule has 102 valence electrons. The van der Waals surface area contributed by atoms with Crippen molar-refractivity contribution < 1.29 is 4.42 Å². The number of hydrogen-bond donors (Lipinski definition) is 0. The second-order valence-electron chi connectivity index (χ2n) is 7.28. The Bertz CT molecular complexity index is 516. The minimum absolute atomic E-state index is 0.141. The lowest BCUT2D eigenvalue weighted by Gasteiger charge is -2.26.